The van der Waals surface area contributed by atoms with E-state index in [0.717, 1.165) is 5.48 Å². The van der Waals surface area contributed by atoms with Crippen LogP contribution in [0.15, 0.2) is 47.3 Å². The second-order valence-electron chi connectivity index (χ2n) is 5.23. The molecule has 0 bridgehead atoms. The van der Waals surface area contributed by atoms with Crippen LogP contribution in [0.25, 0.3) is 0 Å². The van der Waals surface area contributed by atoms with Gasteiger partial charge in [0.25, 0.3) is 18.2 Å². The SMILES string of the molecule is N=C(C(F)F)[C@H](NC(=O)c1ccc(C#CC#Cc2ccoc2)cc1)C(=O)NO. The Morgan fingerprint density at radius 2 is 1.71 bits per heavy atom. The Morgan fingerprint density at radius 1 is 1.07 bits per heavy atom. The van der Waals surface area contributed by atoms with Crippen LogP contribution in [0.2, 0.25) is 0 Å². The molecule has 2 aromatic rings. The molecule has 1 atom stereocenters. The second kappa shape index (κ2) is 9.67. The minimum Gasteiger partial charge on any atom is -0.471 e. The molecule has 0 radical (unpaired) electrons. The topological polar surface area (TPSA) is 115 Å². The average molecular weight is 385 g/mol. The first-order valence-corrected chi connectivity index (χ1v) is 7.68. The summed E-state index contributed by atoms with van der Waals surface area (Å²) in [5, 5.41) is 17.8. The Bertz CT molecular complexity index is 978. The van der Waals surface area contributed by atoms with Gasteiger partial charge in [-0.1, -0.05) is 5.92 Å². The number of rotatable bonds is 5. The summed E-state index contributed by atoms with van der Waals surface area (Å²) in [6.07, 6.45) is -0.317. The lowest BCUT2D eigenvalue weighted by molar-refractivity contribution is -0.129. The predicted molar refractivity (Wildman–Crippen MR) is 93.8 cm³/mol. The van der Waals surface area contributed by atoms with Crippen molar-refractivity contribution in [2.75, 3.05) is 0 Å². The van der Waals surface area contributed by atoms with E-state index in [-0.39, 0.29) is 5.56 Å². The summed E-state index contributed by atoms with van der Waals surface area (Å²) in [4.78, 5) is 23.5. The van der Waals surface area contributed by atoms with Gasteiger partial charge in [-0.3, -0.25) is 14.8 Å². The highest BCUT2D eigenvalue weighted by atomic mass is 19.3. The molecule has 0 aliphatic rings. The maximum absolute atomic E-state index is 12.6. The van der Waals surface area contributed by atoms with Crippen LogP contribution in [-0.2, 0) is 4.79 Å². The molecule has 28 heavy (non-hydrogen) atoms. The van der Waals surface area contributed by atoms with Crippen molar-refractivity contribution in [2.24, 2.45) is 0 Å². The molecular weight excluding hydrogens is 372 g/mol. The Hall–Kier alpha value is -3.95. The number of benzene rings is 1. The summed E-state index contributed by atoms with van der Waals surface area (Å²) >= 11 is 0. The molecule has 2 amide bonds. The minimum atomic E-state index is -3.27. The van der Waals surface area contributed by atoms with E-state index in [0.29, 0.717) is 11.1 Å². The zero-order chi connectivity index (χ0) is 20.5. The van der Waals surface area contributed by atoms with Gasteiger partial charge >= 0.3 is 0 Å². The first-order chi connectivity index (χ1) is 13.4. The number of carbonyl (C=O) groups is 2. The number of furan rings is 1. The van der Waals surface area contributed by atoms with Crippen molar-refractivity contribution >= 4 is 17.5 Å². The number of nitrogens with one attached hydrogen (secondary N) is 3. The highest BCUT2D eigenvalue weighted by Gasteiger charge is 2.30. The number of amides is 2. The highest BCUT2D eigenvalue weighted by molar-refractivity contribution is 6.11. The lowest BCUT2D eigenvalue weighted by Gasteiger charge is -2.17. The lowest BCUT2D eigenvalue weighted by atomic mass is 10.1. The van der Waals surface area contributed by atoms with E-state index in [1.165, 1.54) is 36.8 Å². The molecule has 142 valence electrons. The van der Waals surface area contributed by atoms with Crippen molar-refractivity contribution in [2.45, 2.75) is 12.5 Å². The summed E-state index contributed by atoms with van der Waals surface area (Å²) in [6, 6.07) is 5.41. The van der Waals surface area contributed by atoms with Crippen molar-refractivity contribution in [3.63, 3.8) is 0 Å². The Balaban J connectivity index is 2.06. The molecule has 0 aliphatic heterocycles. The van der Waals surface area contributed by atoms with Crippen LogP contribution in [0.3, 0.4) is 0 Å². The third kappa shape index (κ3) is 5.53. The van der Waals surface area contributed by atoms with Crippen LogP contribution in [0.5, 0.6) is 0 Å². The highest BCUT2D eigenvalue weighted by Crippen LogP contribution is 2.06. The van der Waals surface area contributed by atoms with Crippen LogP contribution in [0, 0.1) is 29.1 Å². The molecule has 0 aliphatic carbocycles. The van der Waals surface area contributed by atoms with Crippen LogP contribution in [0.1, 0.15) is 21.5 Å². The van der Waals surface area contributed by atoms with Crippen LogP contribution < -0.4 is 10.8 Å². The molecule has 2 rings (SSSR count). The number of hydrogen-bond donors (Lipinski definition) is 4. The maximum Gasteiger partial charge on any atom is 0.278 e. The van der Waals surface area contributed by atoms with Crippen LogP contribution in [-0.4, -0.2) is 35.2 Å². The van der Waals surface area contributed by atoms with Gasteiger partial charge in [-0.15, -0.1) is 0 Å². The first-order valence-electron chi connectivity index (χ1n) is 7.68. The van der Waals surface area contributed by atoms with Gasteiger partial charge in [0.1, 0.15) is 12.0 Å². The van der Waals surface area contributed by atoms with Crippen molar-refractivity contribution in [1.29, 1.82) is 5.41 Å². The molecule has 9 heteroatoms. The zero-order valence-electron chi connectivity index (χ0n) is 14.1. The van der Waals surface area contributed by atoms with E-state index in [9.17, 15) is 18.4 Å². The molecule has 7 nitrogen and oxygen atoms in total. The number of hydroxylamine groups is 1. The van der Waals surface area contributed by atoms with Gasteiger partial charge in [0.05, 0.1) is 11.8 Å². The fourth-order valence-corrected chi connectivity index (χ4v) is 1.94. The van der Waals surface area contributed by atoms with Gasteiger partial charge in [0, 0.05) is 11.1 Å². The smallest absolute Gasteiger partial charge is 0.278 e. The van der Waals surface area contributed by atoms with E-state index in [1.54, 1.807) is 6.07 Å². The molecule has 4 N–H and O–H groups in total. The molecule has 0 saturated carbocycles. The van der Waals surface area contributed by atoms with Gasteiger partial charge in [-0.2, -0.15) is 0 Å². The van der Waals surface area contributed by atoms with Crippen LogP contribution >= 0.6 is 0 Å². The number of alkyl halides is 2. The molecule has 0 unspecified atom stereocenters. The average Bonchev–Trinajstić information content (AvgIpc) is 3.22. The molecule has 1 heterocycles. The van der Waals surface area contributed by atoms with Gasteiger partial charge in [0.2, 0.25) is 0 Å². The van der Waals surface area contributed by atoms with E-state index in [2.05, 4.69) is 23.7 Å². The Morgan fingerprint density at radius 3 is 2.25 bits per heavy atom. The fourth-order valence-electron chi connectivity index (χ4n) is 1.94. The summed E-state index contributed by atoms with van der Waals surface area (Å²) < 4.78 is 30.2. The summed E-state index contributed by atoms with van der Waals surface area (Å²) in [5.74, 6) is 8.55. The van der Waals surface area contributed by atoms with Crippen molar-refractivity contribution in [1.82, 2.24) is 10.8 Å². The quantitative estimate of drug-likeness (QED) is 0.271. The van der Waals surface area contributed by atoms with Crippen molar-refractivity contribution in [3.8, 4) is 23.7 Å². The Labute approximate surface area is 158 Å². The first kappa shape index (κ1) is 20.4. The number of hydrogen-bond acceptors (Lipinski definition) is 5. The van der Waals surface area contributed by atoms with E-state index < -0.39 is 30.0 Å². The van der Waals surface area contributed by atoms with Gasteiger partial charge in [-0.25, -0.2) is 14.3 Å². The van der Waals surface area contributed by atoms with Crippen LogP contribution in [0.4, 0.5) is 8.78 Å². The molecule has 1 aromatic heterocycles. The fraction of sp³-hybridized carbons (Fsp3) is 0.105. The molecule has 0 spiro atoms. The van der Waals surface area contributed by atoms with Crippen molar-refractivity contribution in [3.05, 3.63) is 59.5 Å². The standard InChI is InChI=1S/C19H13F2N3O4/c20-17(21)15(22)16(19(26)24-27)23-18(25)14-7-5-12(6-8-14)3-1-2-4-13-9-10-28-11-13/h5-11,16-17,22,27H,(H,23,25)(H,24,26)/t16-/m0/s1. The summed E-state index contributed by atoms with van der Waals surface area (Å²) in [6.45, 7) is 0. The monoisotopic (exact) mass is 385 g/mol. The maximum atomic E-state index is 12.6. The summed E-state index contributed by atoms with van der Waals surface area (Å²) in [5.41, 5.74) is 1.06. The Kier molecular flexibility index (Phi) is 7.03. The van der Waals surface area contributed by atoms with Gasteiger partial charge in [0.15, 0.2) is 6.04 Å². The lowest BCUT2D eigenvalue weighted by Crippen LogP contribution is -2.52. The van der Waals surface area contributed by atoms with E-state index in [4.69, 9.17) is 15.0 Å². The van der Waals surface area contributed by atoms with Crippen molar-refractivity contribution < 1.29 is 28.0 Å². The predicted octanol–water partition coefficient (Wildman–Crippen LogP) is 1.57. The normalized spacial score (nSPS) is 10.7. The molecule has 1 aromatic carbocycles. The molecule has 0 fully saturated rings. The molecular formula is C19H13F2N3O4. The summed E-state index contributed by atoms with van der Waals surface area (Å²) in [7, 11) is 0. The largest absolute Gasteiger partial charge is 0.471 e. The number of carbonyl (C=O) groups excluding carboxylic acids is 2. The third-order valence-electron chi connectivity index (χ3n) is 3.34. The van der Waals surface area contributed by atoms with E-state index >= 15 is 0 Å². The minimum absolute atomic E-state index is 0.0489. The molecule has 0 saturated heterocycles. The zero-order valence-corrected chi connectivity index (χ0v) is 14.1. The number of halogens is 2. The third-order valence-corrected chi connectivity index (χ3v) is 3.34. The van der Waals surface area contributed by atoms with E-state index in [1.807, 2.05) is 5.32 Å². The van der Waals surface area contributed by atoms with Gasteiger partial charge in [-0.05, 0) is 48.1 Å². The van der Waals surface area contributed by atoms with Gasteiger partial charge < -0.3 is 15.1 Å². The second-order valence-corrected chi connectivity index (χ2v) is 5.23.